The molecule has 0 bridgehead atoms. The van der Waals surface area contributed by atoms with Crippen LogP contribution in [-0.2, 0) is 9.59 Å². The van der Waals surface area contributed by atoms with Gasteiger partial charge in [-0.15, -0.1) is 11.8 Å². The SMILES string of the molecule is COc1ccc(OC)c(NC(=O)CSc2ccc(NC(=O)/C(=C/c3cc(OC)c(OC)c(OC)c3)NC(=O)c3ccccc3)cc2)c1. The number of benzene rings is 4. The van der Waals surface area contributed by atoms with Gasteiger partial charge in [0.1, 0.15) is 17.2 Å². The molecular weight excluding hydrogens is 622 g/mol. The lowest BCUT2D eigenvalue weighted by atomic mass is 10.1. The molecule has 0 aliphatic heterocycles. The molecule has 0 spiro atoms. The number of nitrogens with one attached hydrogen (secondary N) is 3. The fourth-order valence-corrected chi connectivity index (χ4v) is 5.07. The van der Waals surface area contributed by atoms with Crippen LogP contribution in [0.1, 0.15) is 15.9 Å². The molecule has 0 aliphatic carbocycles. The normalized spacial score (nSPS) is 10.8. The monoisotopic (exact) mass is 657 g/mol. The van der Waals surface area contributed by atoms with E-state index in [4.69, 9.17) is 23.7 Å². The number of hydrogen-bond donors (Lipinski definition) is 3. The third-order valence-corrected chi connectivity index (χ3v) is 7.70. The van der Waals surface area contributed by atoms with Crippen molar-refractivity contribution in [1.82, 2.24) is 5.32 Å². The van der Waals surface area contributed by atoms with Crippen molar-refractivity contribution in [3.05, 3.63) is 102 Å². The molecule has 0 saturated carbocycles. The Bertz CT molecular complexity index is 1720. The molecule has 4 aromatic rings. The lowest BCUT2D eigenvalue weighted by Crippen LogP contribution is -2.30. The number of hydrogen-bond acceptors (Lipinski definition) is 9. The zero-order valence-corrected chi connectivity index (χ0v) is 27.4. The van der Waals surface area contributed by atoms with E-state index in [1.54, 1.807) is 92.0 Å². The van der Waals surface area contributed by atoms with Crippen LogP contribution in [0.2, 0.25) is 0 Å². The third kappa shape index (κ3) is 9.21. The molecule has 47 heavy (non-hydrogen) atoms. The number of methoxy groups -OCH3 is 5. The van der Waals surface area contributed by atoms with Crippen LogP contribution < -0.4 is 39.6 Å². The first-order valence-corrected chi connectivity index (χ1v) is 15.2. The van der Waals surface area contributed by atoms with Crippen LogP contribution in [0.25, 0.3) is 6.08 Å². The van der Waals surface area contributed by atoms with Gasteiger partial charge in [0.15, 0.2) is 11.5 Å². The van der Waals surface area contributed by atoms with Crippen molar-refractivity contribution in [2.75, 3.05) is 51.9 Å². The summed E-state index contributed by atoms with van der Waals surface area (Å²) < 4.78 is 26.8. The molecule has 0 aliphatic rings. The molecular formula is C35H35N3O8S. The van der Waals surface area contributed by atoms with E-state index in [1.165, 1.54) is 46.3 Å². The summed E-state index contributed by atoms with van der Waals surface area (Å²) in [4.78, 5) is 40.0. The third-order valence-electron chi connectivity index (χ3n) is 6.69. The van der Waals surface area contributed by atoms with Gasteiger partial charge in [-0.05, 0) is 72.3 Å². The minimum absolute atomic E-state index is 0.0174. The van der Waals surface area contributed by atoms with E-state index in [-0.39, 0.29) is 17.4 Å². The van der Waals surface area contributed by atoms with Crippen molar-refractivity contribution in [3.8, 4) is 28.7 Å². The fraction of sp³-hybridized carbons (Fsp3) is 0.171. The number of anilines is 2. The molecule has 3 amide bonds. The summed E-state index contributed by atoms with van der Waals surface area (Å²) in [6.45, 7) is 0. The standard InChI is InChI=1S/C35H35N3O8S/c1-42-25-13-16-29(43-2)27(20-25)37-32(39)21-47-26-14-11-24(12-15-26)36-35(41)28(38-34(40)23-9-7-6-8-10-23)17-22-18-30(44-3)33(46-5)31(19-22)45-4/h6-20H,21H2,1-5H3,(H,36,41)(H,37,39)(H,38,40)/b28-17-. The van der Waals surface area contributed by atoms with E-state index < -0.39 is 11.8 Å². The summed E-state index contributed by atoms with van der Waals surface area (Å²) in [7, 11) is 7.54. The Kier molecular flexibility index (Phi) is 12.1. The zero-order valence-electron chi connectivity index (χ0n) is 26.5. The second-order valence-corrected chi connectivity index (χ2v) is 10.8. The Morgan fingerprint density at radius 1 is 0.702 bits per heavy atom. The molecule has 0 radical (unpaired) electrons. The highest BCUT2D eigenvalue weighted by Crippen LogP contribution is 2.38. The number of thioether (sulfide) groups is 1. The van der Waals surface area contributed by atoms with Gasteiger partial charge in [0.2, 0.25) is 11.7 Å². The lowest BCUT2D eigenvalue weighted by molar-refractivity contribution is -0.114. The average molecular weight is 658 g/mol. The first-order chi connectivity index (χ1) is 22.8. The summed E-state index contributed by atoms with van der Waals surface area (Å²) in [6, 6.07) is 24.0. The van der Waals surface area contributed by atoms with Crippen LogP contribution in [0, 0.1) is 0 Å². The van der Waals surface area contributed by atoms with Crippen LogP contribution in [0.3, 0.4) is 0 Å². The summed E-state index contributed by atoms with van der Waals surface area (Å²) in [5.74, 6) is 1.16. The number of rotatable bonds is 14. The lowest BCUT2D eigenvalue weighted by Gasteiger charge is -2.15. The van der Waals surface area contributed by atoms with Crippen molar-refractivity contribution >= 4 is 46.9 Å². The van der Waals surface area contributed by atoms with Crippen LogP contribution in [0.4, 0.5) is 11.4 Å². The zero-order chi connectivity index (χ0) is 33.8. The minimum Gasteiger partial charge on any atom is -0.497 e. The molecule has 0 heterocycles. The first kappa shape index (κ1) is 34.3. The quantitative estimate of drug-likeness (QED) is 0.112. The van der Waals surface area contributed by atoms with E-state index in [0.717, 1.165) is 4.90 Å². The number of carbonyl (C=O) groups is 3. The molecule has 3 N–H and O–H groups in total. The highest BCUT2D eigenvalue weighted by molar-refractivity contribution is 8.00. The van der Waals surface area contributed by atoms with Crippen LogP contribution >= 0.6 is 11.8 Å². The molecule has 4 aromatic carbocycles. The molecule has 0 fully saturated rings. The molecule has 12 heteroatoms. The van der Waals surface area contributed by atoms with E-state index in [1.807, 2.05) is 0 Å². The summed E-state index contributed by atoms with van der Waals surface area (Å²) in [5, 5.41) is 8.38. The van der Waals surface area contributed by atoms with Crippen molar-refractivity contribution < 1.29 is 38.1 Å². The molecule has 11 nitrogen and oxygen atoms in total. The maximum atomic E-state index is 13.5. The first-order valence-electron chi connectivity index (χ1n) is 14.2. The van der Waals surface area contributed by atoms with E-state index in [9.17, 15) is 14.4 Å². The van der Waals surface area contributed by atoms with Gasteiger partial charge in [0, 0.05) is 22.2 Å². The van der Waals surface area contributed by atoms with Gasteiger partial charge in [-0.2, -0.15) is 0 Å². The second kappa shape index (κ2) is 16.6. The summed E-state index contributed by atoms with van der Waals surface area (Å²) in [5.41, 5.74) is 1.87. The number of ether oxygens (including phenoxy) is 5. The van der Waals surface area contributed by atoms with Gasteiger partial charge < -0.3 is 39.6 Å². The van der Waals surface area contributed by atoms with Crippen LogP contribution in [0.15, 0.2) is 95.5 Å². The molecule has 244 valence electrons. The Morgan fingerprint density at radius 3 is 1.96 bits per heavy atom. The maximum absolute atomic E-state index is 13.5. The van der Waals surface area contributed by atoms with Gasteiger partial charge in [-0.25, -0.2) is 0 Å². The van der Waals surface area contributed by atoms with Gasteiger partial charge in [-0.3, -0.25) is 14.4 Å². The molecule has 0 aromatic heterocycles. The molecule has 0 saturated heterocycles. The number of carbonyl (C=O) groups excluding carboxylic acids is 3. The fourth-order valence-electron chi connectivity index (χ4n) is 4.37. The molecule has 0 atom stereocenters. The average Bonchev–Trinajstić information content (AvgIpc) is 3.10. The molecule has 0 unspecified atom stereocenters. The van der Waals surface area contributed by atoms with E-state index in [2.05, 4.69) is 16.0 Å². The van der Waals surface area contributed by atoms with Gasteiger partial charge >= 0.3 is 0 Å². The Balaban J connectivity index is 1.48. The van der Waals surface area contributed by atoms with Crippen molar-refractivity contribution in [1.29, 1.82) is 0 Å². The second-order valence-electron chi connectivity index (χ2n) is 9.72. The summed E-state index contributed by atoms with van der Waals surface area (Å²) in [6.07, 6.45) is 1.51. The van der Waals surface area contributed by atoms with Crippen LogP contribution in [-0.4, -0.2) is 59.0 Å². The summed E-state index contributed by atoms with van der Waals surface area (Å²) >= 11 is 1.32. The van der Waals surface area contributed by atoms with Gasteiger partial charge in [0.25, 0.3) is 11.8 Å². The van der Waals surface area contributed by atoms with E-state index >= 15 is 0 Å². The molecule has 4 rings (SSSR count). The highest BCUT2D eigenvalue weighted by atomic mass is 32.2. The Hall–Kier alpha value is -5.62. The van der Waals surface area contributed by atoms with Gasteiger partial charge in [0.05, 0.1) is 47.0 Å². The predicted molar refractivity (Wildman–Crippen MR) is 182 cm³/mol. The minimum atomic E-state index is -0.560. The van der Waals surface area contributed by atoms with Gasteiger partial charge in [-0.1, -0.05) is 18.2 Å². The smallest absolute Gasteiger partial charge is 0.272 e. The van der Waals surface area contributed by atoms with Crippen LogP contribution in [0.5, 0.6) is 28.7 Å². The number of amides is 3. The Labute approximate surface area is 277 Å². The van der Waals surface area contributed by atoms with E-state index in [0.29, 0.717) is 51.2 Å². The van der Waals surface area contributed by atoms with Crippen molar-refractivity contribution in [3.63, 3.8) is 0 Å². The maximum Gasteiger partial charge on any atom is 0.272 e. The van der Waals surface area contributed by atoms with Crippen molar-refractivity contribution in [2.45, 2.75) is 4.90 Å². The van der Waals surface area contributed by atoms with Crippen molar-refractivity contribution in [2.24, 2.45) is 0 Å². The largest absolute Gasteiger partial charge is 0.497 e. The Morgan fingerprint density at radius 2 is 1.36 bits per heavy atom. The predicted octanol–water partition coefficient (Wildman–Crippen LogP) is 5.87. The topological polar surface area (TPSA) is 133 Å². The highest BCUT2D eigenvalue weighted by Gasteiger charge is 2.18.